The van der Waals surface area contributed by atoms with E-state index in [-0.39, 0.29) is 34.0 Å². The number of ketones is 1. The number of carbonyl (C=O) groups excluding carboxylic acids is 1. The van der Waals surface area contributed by atoms with E-state index in [2.05, 4.69) is 11.1 Å². The van der Waals surface area contributed by atoms with Crippen LogP contribution in [0.15, 0.2) is 71.3 Å². The molecule has 3 aromatic rings. The summed E-state index contributed by atoms with van der Waals surface area (Å²) in [7, 11) is 0. The second-order valence-electron chi connectivity index (χ2n) is 9.63. The van der Waals surface area contributed by atoms with Crippen molar-refractivity contribution in [1.82, 2.24) is 4.98 Å². The van der Waals surface area contributed by atoms with Gasteiger partial charge in [0, 0.05) is 23.9 Å². The Kier molecular flexibility index (Phi) is 7.35. The molecule has 2 heterocycles. The summed E-state index contributed by atoms with van der Waals surface area (Å²) in [5.74, 6) is -0.535. The number of ether oxygens (including phenoxy) is 1. The second-order valence-corrected chi connectivity index (χ2v) is 10.4. The van der Waals surface area contributed by atoms with Crippen LogP contribution >= 0.6 is 23.2 Å². The van der Waals surface area contributed by atoms with Crippen LogP contribution in [0.5, 0.6) is 5.75 Å². The highest BCUT2D eigenvalue weighted by atomic mass is 35.5. The third-order valence-corrected chi connectivity index (χ3v) is 7.79. The number of allylic oxidation sites excluding steroid dienone is 3. The maximum absolute atomic E-state index is 13.5. The van der Waals surface area contributed by atoms with Crippen molar-refractivity contribution in [2.24, 2.45) is 5.73 Å². The Morgan fingerprint density at radius 3 is 2.69 bits per heavy atom. The normalized spacial score (nSPS) is 17.3. The maximum Gasteiger partial charge on any atom is 0.161 e. The van der Waals surface area contributed by atoms with E-state index in [1.165, 1.54) is 18.2 Å². The summed E-state index contributed by atoms with van der Waals surface area (Å²) < 4.78 is 19.4. The van der Waals surface area contributed by atoms with Crippen molar-refractivity contribution < 1.29 is 13.9 Å². The number of hydrogen-bond acceptors (Lipinski definition) is 6. The Morgan fingerprint density at radius 2 is 1.97 bits per heavy atom. The molecule has 1 unspecified atom stereocenters. The number of nitrogens with two attached hydrogens (primary N) is 1. The van der Waals surface area contributed by atoms with E-state index in [1.54, 1.807) is 23.2 Å². The first-order valence-corrected chi connectivity index (χ1v) is 13.2. The lowest BCUT2D eigenvalue weighted by atomic mass is 9.74. The summed E-state index contributed by atoms with van der Waals surface area (Å²) in [5.41, 5.74) is 12.3. The van der Waals surface area contributed by atoms with Gasteiger partial charge in [0.25, 0.3) is 0 Å². The van der Waals surface area contributed by atoms with Crippen LogP contribution in [-0.2, 0) is 11.4 Å². The molecule has 1 aromatic heterocycles. The van der Waals surface area contributed by atoms with Gasteiger partial charge in [0.15, 0.2) is 10.9 Å². The summed E-state index contributed by atoms with van der Waals surface area (Å²) in [6.45, 7) is 4.07. The standard InChI is InChI=1S/C30H25Cl2FN4O2/c1-16-11-17(2)20(12-18(16)15-39-26-9-8-19(33)13-22(26)31)27-21(14-34)30(35)37(24-6-4-10-36-29(24)32)23-5-3-7-25(38)28(23)27/h4,6,8-13,27H,3,5,7,15,35H2,1-2H3. The average Bonchev–Trinajstić information content (AvgIpc) is 2.89. The van der Waals surface area contributed by atoms with Crippen molar-refractivity contribution in [3.8, 4) is 11.8 Å². The minimum absolute atomic E-state index is 0.0256. The number of rotatable bonds is 5. The predicted octanol–water partition coefficient (Wildman–Crippen LogP) is 7.03. The molecule has 1 aliphatic heterocycles. The van der Waals surface area contributed by atoms with Gasteiger partial charge < -0.3 is 10.5 Å². The van der Waals surface area contributed by atoms with E-state index in [9.17, 15) is 14.4 Å². The Bertz CT molecular complexity index is 1610. The number of anilines is 1. The molecule has 0 amide bonds. The highest BCUT2D eigenvalue weighted by Gasteiger charge is 2.41. The number of pyridine rings is 1. The minimum atomic E-state index is -0.641. The molecule has 0 radical (unpaired) electrons. The zero-order chi connectivity index (χ0) is 27.8. The highest BCUT2D eigenvalue weighted by molar-refractivity contribution is 6.32. The van der Waals surface area contributed by atoms with E-state index in [1.807, 2.05) is 26.0 Å². The first kappa shape index (κ1) is 26.7. The quantitative estimate of drug-likeness (QED) is 0.335. The average molecular weight is 563 g/mol. The third kappa shape index (κ3) is 4.87. The fourth-order valence-corrected chi connectivity index (χ4v) is 5.77. The molecule has 5 rings (SSSR count). The number of benzene rings is 2. The number of halogens is 3. The fraction of sp³-hybridized carbons (Fsp3) is 0.233. The molecule has 39 heavy (non-hydrogen) atoms. The van der Waals surface area contributed by atoms with Gasteiger partial charge in [-0.15, -0.1) is 0 Å². The monoisotopic (exact) mass is 562 g/mol. The van der Waals surface area contributed by atoms with Gasteiger partial charge >= 0.3 is 0 Å². The summed E-state index contributed by atoms with van der Waals surface area (Å²) in [6, 6.07) is 13.7. The van der Waals surface area contributed by atoms with Crippen LogP contribution in [0, 0.1) is 31.0 Å². The molecule has 0 saturated heterocycles. The molecule has 0 spiro atoms. The Balaban J connectivity index is 1.63. The van der Waals surface area contributed by atoms with Gasteiger partial charge in [-0.1, -0.05) is 35.3 Å². The number of aromatic nitrogens is 1. The van der Waals surface area contributed by atoms with E-state index in [0.717, 1.165) is 28.0 Å². The number of hydrogen-bond donors (Lipinski definition) is 1. The lowest BCUT2D eigenvalue weighted by molar-refractivity contribution is -0.116. The van der Waals surface area contributed by atoms with Crippen LogP contribution in [0.4, 0.5) is 10.1 Å². The fourth-order valence-electron chi connectivity index (χ4n) is 5.35. The molecular formula is C30H25Cl2FN4O2. The molecule has 2 aliphatic rings. The molecule has 6 nitrogen and oxygen atoms in total. The molecular weight excluding hydrogens is 538 g/mol. The van der Waals surface area contributed by atoms with Gasteiger partial charge in [0.05, 0.1) is 28.3 Å². The third-order valence-electron chi connectivity index (χ3n) is 7.21. The largest absolute Gasteiger partial charge is 0.487 e. The number of nitrogens with zero attached hydrogens (tertiary/aromatic N) is 3. The molecule has 0 fully saturated rings. The summed E-state index contributed by atoms with van der Waals surface area (Å²) >= 11 is 12.6. The van der Waals surface area contributed by atoms with Crippen molar-refractivity contribution in [1.29, 1.82) is 5.26 Å². The first-order chi connectivity index (χ1) is 18.7. The maximum atomic E-state index is 13.5. The number of carbonyl (C=O) groups is 1. The lowest BCUT2D eigenvalue weighted by Crippen LogP contribution is -2.39. The second kappa shape index (κ2) is 10.7. The molecule has 0 saturated carbocycles. The SMILES string of the molecule is Cc1cc(C)c(C2C(C#N)=C(N)N(c3cccnc3Cl)C3=C2C(=O)CCC3)cc1COc1ccc(F)cc1Cl. The first-order valence-electron chi connectivity index (χ1n) is 12.5. The van der Waals surface area contributed by atoms with Gasteiger partial charge in [0.1, 0.15) is 24.0 Å². The smallest absolute Gasteiger partial charge is 0.161 e. The van der Waals surface area contributed by atoms with Crippen molar-refractivity contribution in [2.75, 3.05) is 4.90 Å². The van der Waals surface area contributed by atoms with Crippen LogP contribution in [0.2, 0.25) is 10.2 Å². The minimum Gasteiger partial charge on any atom is -0.487 e. The van der Waals surface area contributed by atoms with Crippen LogP contribution in [0.3, 0.4) is 0 Å². The Morgan fingerprint density at radius 1 is 1.18 bits per heavy atom. The Labute approximate surface area is 236 Å². The van der Waals surface area contributed by atoms with Crippen molar-refractivity contribution in [3.63, 3.8) is 0 Å². The summed E-state index contributed by atoms with van der Waals surface area (Å²) in [5, 5.41) is 10.8. The molecule has 1 atom stereocenters. The zero-order valence-electron chi connectivity index (χ0n) is 21.4. The number of nitriles is 1. The van der Waals surface area contributed by atoms with Crippen molar-refractivity contribution in [3.05, 3.63) is 110 Å². The van der Waals surface area contributed by atoms with E-state index >= 15 is 0 Å². The molecule has 9 heteroatoms. The van der Waals surface area contributed by atoms with Gasteiger partial charge in [-0.3, -0.25) is 9.69 Å². The topological polar surface area (TPSA) is 92.2 Å². The number of aryl methyl sites for hydroxylation is 2. The van der Waals surface area contributed by atoms with Gasteiger partial charge in [0.2, 0.25) is 0 Å². The van der Waals surface area contributed by atoms with E-state index < -0.39 is 11.7 Å². The molecule has 2 N–H and O–H groups in total. The Hall–Kier alpha value is -3.86. The zero-order valence-corrected chi connectivity index (χ0v) is 22.9. The molecule has 198 valence electrons. The van der Waals surface area contributed by atoms with Gasteiger partial charge in [-0.25, -0.2) is 9.37 Å². The van der Waals surface area contributed by atoms with Gasteiger partial charge in [-0.05, 0) is 79.3 Å². The molecule has 1 aliphatic carbocycles. The summed E-state index contributed by atoms with van der Waals surface area (Å²) in [6.07, 6.45) is 3.22. The summed E-state index contributed by atoms with van der Waals surface area (Å²) in [4.78, 5) is 19.4. The van der Waals surface area contributed by atoms with E-state index in [0.29, 0.717) is 36.3 Å². The van der Waals surface area contributed by atoms with Crippen molar-refractivity contribution in [2.45, 2.75) is 45.6 Å². The predicted molar refractivity (Wildman–Crippen MR) is 149 cm³/mol. The van der Waals surface area contributed by atoms with Crippen LogP contribution in [-0.4, -0.2) is 10.8 Å². The van der Waals surface area contributed by atoms with E-state index in [4.69, 9.17) is 33.7 Å². The highest BCUT2D eigenvalue weighted by Crippen LogP contribution is 2.48. The number of Topliss-reactive ketones (excluding diaryl/α,β-unsaturated/α-hetero) is 1. The molecule has 0 bridgehead atoms. The van der Waals surface area contributed by atoms with Crippen LogP contribution in [0.1, 0.15) is 47.4 Å². The van der Waals surface area contributed by atoms with Crippen LogP contribution in [0.25, 0.3) is 0 Å². The van der Waals surface area contributed by atoms with Crippen molar-refractivity contribution >= 4 is 34.7 Å². The van der Waals surface area contributed by atoms with Crippen LogP contribution < -0.4 is 15.4 Å². The molecule has 2 aromatic carbocycles. The lowest BCUT2D eigenvalue weighted by Gasteiger charge is -2.40. The van der Waals surface area contributed by atoms with Gasteiger partial charge in [-0.2, -0.15) is 5.26 Å².